The van der Waals surface area contributed by atoms with Crippen LogP contribution in [0.2, 0.25) is 0 Å². The van der Waals surface area contributed by atoms with Gasteiger partial charge in [0.05, 0.1) is 21.7 Å². The van der Waals surface area contributed by atoms with Gasteiger partial charge in [0.25, 0.3) is 11.6 Å². The molecule has 2 aromatic carbocycles. The fourth-order valence-electron chi connectivity index (χ4n) is 3.71. The van der Waals surface area contributed by atoms with Gasteiger partial charge in [-0.3, -0.25) is 20.2 Å². The number of benzene rings is 2. The number of nitrogens with one attached hydrogen (secondary N) is 1. The fraction of sp³-hybridized carbons (Fsp3) is 0.364. The molecule has 3 aromatic rings. The van der Waals surface area contributed by atoms with E-state index in [-0.39, 0.29) is 11.3 Å². The Bertz CT molecular complexity index is 1120. The molecule has 0 radical (unpaired) electrons. The summed E-state index contributed by atoms with van der Waals surface area (Å²) in [6.45, 7) is 6.24. The van der Waals surface area contributed by atoms with Crippen LogP contribution >= 0.6 is 11.3 Å². The number of carbonyl (C=O) groups excluding carboxylic acids is 1. The highest BCUT2D eigenvalue weighted by molar-refractivity contribution is 7.22. The lowest BCUT2D eigenvalue weighted by Gasteiger charge is -2.31. The third-order valence-electron chi connectivity index (χ3n) is 5.45. The van der Waals surface area contributed by atoms with E-state index >= 15 is 0 Å². The van der Waals surface area contributed by atoms with Crippen LogP contribution in [0.15, 0.2) is 36.4 Å². The molecule has 0 aliphatic carbocycles. The molecule has 0 bridgehead atoms. The first-order valence-electron chi connectivity index (χ1n) is 10.3. The van der Waals surface area contributed by atoms with Gasteiger partial charge >= 0.3 is 0 Å². The predicted octanol–water partition coefficient (Wildman–Crippen LogP) is 5.09. The molecule has 1 amide bonds. The molecular weight excluding hydrogens is 416 g/mol. The van der Waals surface area contributed by atoms with E-state index in [0.29, 0.717) is 23.3 Å². The highest BCUT2D eigenvalue weighted by Crippen LogP contribution is 2.33. The zero-order valence-corrected chi connectivity index (χ0v) is 18.3. The second-order valence-corrected chi connectivity index (χ2v) is 8.70. The van der Waals surface area contributed by atoms with Crippen LogP contribution in [0, 0.1) is 16.0 Å². The molecular formula is C22H24N4O4S. The number of nitro benzene ring substituents is 1. The van der Waals surface area contributed by atoms with Gasteiger partial charge in [0.2, 0.25) is 0 Å². The molecule has 1 aliphatic rings. The molecule has 1 saturated heterocycles. The standard InChI is InChI=1S/C22H24N4O4S/c1-3-30-16-5-6-17-20(13-16)31-22(23-17)24-21(27)15-4-7-18(19(12-15)26(28)29)25-10-8-14(2)9-11-25/h4-7,12-14H,3,8-11H2,1-2H3,(H,23,24,27). The summed E-state index contributed by atoms with van der Waals surface area (Å²) in [6.07, 6.45) is 2.00. The number of piperidine rings is 1. The van der Waals surface area contributed by atoms with Crippen molar-refractivity contribution in [1.29, 1.82) is 0 Å². The first kappa shape index (κ1) is 21.0. The van der Waals surface area contributed by atoms with Crippen LogP contribution in [0.4, 0.5) is 16.5 Å². The van der Waals surface area contributed by atoms with E-state index in [2.05, 4.69) is 17.2 Å². The molecule has 1 aliphatic heterocycles. The third-order valence-corrected chi connectivity index (χ3v) is 6.38. The Hall–Kier alpha value is -3.20. The van der Waals surface area contributed by atoms with Crippen molar-refractivity contribution in [2.45, 2.75) is 26.7 Å². The quantitative estimate of drug-likeness (QED) is 0.423. The Morgan fingerprint density at radius 2 is 2.06 bits per heavy atom. The number of anilines is 2. The van der Waals surface area contributed by atoms with Gasteiger partial charge in [0, 0.05) is 24.7 Å². The zero-order chi connectivity index (χ0) is 22.0. The second kappa shape index (κ2) is 8.89. The summed E-state index contributed by atoms with van der Waals surface area (Å²) in [5, 5.41) is 14.9. The summed E-state index contributed by atoms with van der Waals surface area (Å²) < 4.78 is 6.39. The van der Waals surface area contributed by atoms with Crippen LogP contribution < -0.4 is 15.0 Å². The lowest BCUT2D eigenvalue weighted by atomic mass is 9.98. The highest BCUT2D eigenvalue weighted by Gasteiger charge is 2.25. The number of aromatic nitrogens is 1. The number of hydrogen-bond acceptors (Lipinski definition) is 7. The van der Waals surface area contributed by atoms with Crippen molar-refractivity contribution in [1.82, 2.24) is 4.98 Å². The Morgan fingerprint density at radius 3 is 2.77 bits per heavy atom. The van der Waals surface area contributed by atoms with Crippen molar-refractivity contribution in [2.75, 3.05) is 29.9 Å². The minimum Gasteiger partial charge on any atom is -0.494 e. The Labute approximate surface area is 184 Å². The number of ether oxygens (including phenoxy) is 1. The Morgan fingerprint density at radius 1 is 1.29 bits per heavy atom. The topological polar surface area (TPSA) is 97.6 Å². The average molecular weight is 441 g/mol. The number of carbonyl (C=O) groups is 1. The summed E-state index contributed by atoms with van der Waals surface area (Å²) in [5.74, 6) is 0.944. The van der Waals surface area contributed by atoms with Crippen molar-refractivity contribution >= 4 is 44.0 Å². The van der Waals surface area contributed by atoms with E-state index in [1.807, 2.05) is 30.0 Å². The molecule has 162 valence electrons. The van der Waals surface area contributed by atoms with E-state index in [0.717, 1.165) is 41.9 Å². The third kappa shape index (κ3) is 4.61. The maximum atomic E-state index is 12.8. The van der Waals surface area contributed by atoms with Gasteiger partial charge in [0.1, 0.15) is 11.4 Å². The molecule has 9 heteroatoms. The van der Waals surface area contributed by atoms with Gasteiger partial charge in [-0.15, -0.1) is 0 Å². The van der Waals surface area contributed by atoms with Crippen molar-refractivity contribution in [3.8, 4) is 5.75 Å². The summed E-state index contributed by atoms with van der Waals surface area (Å²) in [6, 6.07) is 10.2. The first-order chi connectivity index (χ1) is 14.9. The molecule has 4 rings (SSSR count). The number of amides is 1. The van der Waals surface area contributed by atoms with Crippen LogP contribution in [0.5, 0.6) is 5.75 Å². The van der Waals surface area contributed by atoms with Gasteiger partial charge in [0.15, 0.2) is 5.13 Å². The van der Waals surface area contributed by atoms with Gasteiger partial charge in [-0.1, -0.05) is 18.3 Å². The maximum Gasteiger partial charge on any atom is 0.293 e. The average Bonchev–Trinajstić information content (AvgIpc) is 3.15. The minimum atomic E-state index is -0.425. The van der Waals surface area contributed by atoms with Gasteiger partial charge in [-0.05, 0) is 56.0 Å². The van der Waals surface area contributed by atoms with Crippen LogP contribution in [0.3, 0.4) is 0 Å². The van der Waals surface area contributed by atoms with Gasteiger partial charge in [-0.25, -0.2) is 4.98 Å². The van der Waals surface area contributed by atoms with E-state index in [4.69, 9.17) is 4.74 Å². The highest BCUT2D eigenvalue weighted by atomic mass is 32.1. The number of hydrogen-bond donors (Lipinski definition) is 1. The number of rotatable bonds is 6. The van der Waals surface area contributed by atoms with Gasteiger partial charge in [-0.2, -0.15) is 0 Å². The summed E-state index contributed by atoms with van der Waals surface area (Å²) in [4.78, 5) is 30.5. The van der Waals surface area contributed by atoms with Crippen molar-refractivity contribution in [3.05, 3.63) is 52.1 Å². The molecule has 1 N–H and O–H groups in total. The molecule has 1 fully saturated rings. The molecule has 8 nitrogen and oxygen atoms in total. The first-order valence-corrected chi connectivity index (χ1v) is 11.1. The smallest absolute Gasteiger partial charge is 0.293 e. The molecule has 0 spiro atoms. The number of fused-ring (bicyclic) bond motifs is 1. The Balaban J connectivity index is 1.55. The number of nitrogens with zero attached hydrogens (tertiary/aromatic N) is 3. The molecule has 31 heavy (non-hydrogen) atoms. The summed E-state index contributed by atoms with van der Waals surface area (Å²) in [5.41, 5.74) is 1.50. The van der Waals surface area contributed by atoms with Crippen LogP contribution in [0.25, 0.3) is 10.2 Å². The molecule has 2 heterocycles. The summed E-state index contributed by atoms with van der Waals surface area (Å²) >= 11 is 1.33. The largest absolute Gasteiger partial charge is 0.494 e. The normalized spacial score (nSPS) is 14.6. The zero-order valence-electron chi connectivity index (χ0n) is 17.5. The number of thiazole rings is 1. The minimum absolute atomic E-state index is 0.0483. The van der Waals surface area contributed by atoms with Crippen molar-refractivity contribution in [3.63, 3.8) is 0 Å². The fourth-order valence-corrected chi connectivity index (χ4v) is 4.60. The van der Waals surface area contributed by atoms with E-state index in [1.54, 1.807) is 12.1 Å². The summed E-state index contributed by atoms with van der Waals surface area (Å²) in [7, 11) is 0. The lowest BCUT2D eigenvalue weighted by molar-refractivity contribution is -0.384. The maximum absolute atomic E-state index is 12.8. The lowest BCUT2D eigenvalue weighted by Crippen LogP contribution is -2.33. The van der Waals surface area contributed by atoms with E-state index < -0.39 is 10.8 Å². The second-order valence-electron chi connectivity index (χ2n) is 7.67. The SMILES string of the molecule is CCOc1ccc2nc(NC(=O)c3ccc(N4CCC(C)CC4)c([N+](=O)[O-])c3)sc2c1. The van der Waals surface area contributed by atoms with E-state index in [9.17, 15) is 14.9 Å². The monoisotopic (exact) mass is 440 g/mol. The van der Waals surface area contributed by atoms with Crippen LogP contribution in [-0.2, 0) is 0 Å². The van der Waals surface area contributed by atoms with Gasteiger partial charge < -0.3 is 9.64 Å². The van der Waals surface area contributed by atoms with Crippen molar-refractivity contribution < 1.29 is 14.5 Å². The molecule has 0 atom stereocenters. The van der Waals surface area contributed by atoms with Crippen LogP contribution in [-0.4, -0.2) is 35.5 Å². The molecule has 1 aromatic heterocycles. The molecule has 0 saturated carbocycles. The van der Waals surface area contributed by atoms with E-state index in [1.165, 1.54) is 17.4 Å². The Kier molecular flexibility index (Phi) is 6.03. The van der Waals surface area contributed by atoms with Crippen LogP contribution in [0.1, 0.15) is 37.0 Å². The molecule has 0 unspecified atom stereocenters. The van der Waals surface area contributed by atoms with Crippen molar-refractivity contribution in [2.24, 2.45) is 5.92 Å². The predicted molar refractivity (Wildman–Crippen MR) is 122 cm³/mol. The number of nitro groups is 1.